The Balaban J connectivity index is 1.49. The van der Waals surface area contributed by atoms with Crippen LogP contribution >= 0.6 is 28.1 Å². The minimum atomic E-state index is -0.428. The van der Waals surface area contributed by atoms with Gasteiger partial charge in [0, 0.05) is 16.2 Å². The fraction of sp³-hybridized carbons (Fsp3) is 0.0870. The van der Waals surface area contributed by atoms with E-state index in [2.05, 4.69) is 31.5 Å². The molecule has 7 nitrogen and oxygen atoms in total. The predicted molar refractivity (Wildman–Crippen MR) is 130 cm³/mol. The summed E-state index contributed by atoms with van der Waals surface area (Å²) in [5, 5.41) is 16.1. The smallest absolute Gasteiger partial charge is 0.261 e. The largest absolute Gasteiger partial charge is 0.507 e. The average Bonchev–Trinajstić information content (AvgIpc) is 3.16. The lowest BCUT2D eigenvalue weighted by molar-refractivity contribution is 0.0974. The number of carbonyl (C=O) groups is 1. The number of halogens is 1. The van der Waals surface area contributed by atoms with Crippen LogP contribution in [0.25, 0.3) is 22.6 Å². The number of nitrogens with zero attached hydrogens (tertiary/aromatic N) is 1. The molecule has 9 heteroatoms. The first-order valence-electron chi connectivity index (χ1n) is 9.50. The van der Waals surface area contributed by atoms with Crippen LogP contribution in [-0.2, 0) is 0 Å². The van der Waals surface area contributed by atoms with Gasteiger partial charge in [-0.25, -0.2) is 4.98 Å². The molecule has 0 atom stereocenters. The number of ether oxygens (including phenoxy) is 1. The van der Waals surface area contributed by atoms with E-state index in [9.17, 15) is 9.90 Å². The molecule has 32 heavy (non-hydrogen) atoms. The van der Waals surface area contributed by atoms with Gasteiger partial charge < -0.3 is 19.6 Å². The average molecular weight is 512 g/mol. The van der Waals surface area contributed by atoms with Crippen LogP contribution in [0.4, 0.5) is 5.69 Å². The number of aromatic nitrogens is 1. The van der Waals surface area contributed by atoms with Crippen molar-refractivity contribution in [3.05, 3.63) is 70.2 Å². The summed E-state index contributed by atoms with van der Waals surface area (Å²) in [4.78, 5) is 17.0. The highest BCUT2D eigenvalue weighted by atomic mass is 79.9. The zero-order chi connectivity index (χ0) is 22.8. The molecule has 3 N–H and O–H groups in total. The van der Waals surface area contributed by atoms with E-state index in [0.717, 1.165) is 10.0 Å². The van der Waals surface area contributed by atoms with Crippen molar-refractivity contribution in [1.82, 2.24) is 10.3 Å². The lowest BCUT2D eigenvalue weighted by atomic mass is 10.2. The van der Waals surface area contributed by atoms with E-state index >= 15 is 0 Å². The maximum atomic E-state index is 12.6. The van der Waals surface area contributed by atoms with Gasteiger partial charge in [0.15, 0.2) is 10.7 Å². The summed E-state index contributed by atoms with van der Waals surface area (Å²) < 4.78 is 11.7. The van der Waals surface area contributed by atoms with Gasteiger partial charge in [0.2, 0.25) is 5.89 Å². The standard InChI is InChI=1S/C23H18BrN3O4S/c1-12-3-7-17-20(9-12)31-22(26-17)15-6-5-14(11-18(15)28)25-23(32)27-21(29)16-10-13(24)4-8-19(16)30-2/h3-11,28H,1-2H3,(H2,25,27,29,32). The number of amides is 1. The molecule has 1 heterocycles. The van der Waals surface area contributed by atoms with Gasteiger partial charge in [0.05, 0.1) is 18.2 Å². The van der Waals surface area contributed by atoms with E-state index in [4.69, 9.17) is 21.4 Å². The topological polar surface area (TPSA) is 96.6 Å². The number of carbonyl (C=O) groups excluding carboxylic acids is 1. The van der Waals surface area contributed by atoms with Crippen LogP contribution in [-0.4, -0.2) is 28.2 Å². The minimum absolute atomic E-state index is 0.0407. The number of nitrogens with one attached hydrogen (secondary N) is 2. The minimum Gasteiger partial charge on any atom is -0.507 e. The third-order valence-corrected chi connectivity index (χ3v) is 5.36. The van der Waals surface area contributed by atoms with Crippen molar-refractivity contribution >= 4 is 56.0 Å². The number of methoxy groups -OCH3 is 1. The van der Waals surface area contributed by atoms with Gasteiger partial charge in [-0.05, 0) is 67.2 Å². The van der Waals surface area contributed by atoms with Crippen molar-refractivity contribution in [2.45, 2.75) is 6.92 Å². The number of rotatable bonds is 4. The second kappa shape index (κ2) is 8.97. The Morgan fingerprint density at radius 3 is 2.72 bits per heavy atom. The molecular weight excluding hydrogens is 494 g/mol. The third kappa shape index (κ3) is 4.58. The summed E-state index contributed by atoms with van der Waals surface area (Å²) in [6, 6.07) is 15.6. The van der Waals surface area contributed by atoms with Crippen molar-refractivity contribution in [2.24, 2.45) is 0 Å². The summed E-state index contributed by atoms with van der Waals surface area (Å²) in [6.45, 7) is 1.97. The SMILES string of the molecule is COc1ccc(Br)cc1C(=O)NC(=S)Nc1ccc(-c2nc3ccc(C)cc3o2)c(O)c1. The molecule has 0 radical (unpaired) electrons. The summed E-state index contributed by atoms with van der Waals surface area (Å²) in [6.07, 6.45) is 0. The number of thiocarbonyl (C=S) groups is 1. The number of aryl methyl sites for hydroxylation is 1. The number of hydrogen-bond acceptors (Lipinski definition) is 6. The third-order valence-electron chi connectivity index (χ3n) is 4.66. The van der Waals surface area contributed by atoms with Crippen LogP contribution in [0.15, 0.2) is 63.5 Å². The molecule has 0 saturated heterocycles. The Labute approximate surface area is 197 Å². The second-order valence-corrected chi connectivity index (χ2v) is 8.30. The fourth-order valence-electron chi connectivity index (χ4n) is 3.13. The number of hydrogen-bond donors (Lipinski definition) is 3. The molecule has 162 valence electrons. The van der Waals surface area contributed by atoms with Gasteiger partial charge in [-0.1, -0.05) is 22.0 Å². The van der Waals surface area contributed by atoms with Gasteiger partial charge in [-0.3, -0.25) is 10.1 Å². The Hall–Kier alpha value is -3.43. The molecule has 0 fully saturated rings. The highest BCUT2D eigenvalue weighted by Crippen LogP contribution is 2.33. The van der Waals surface area contributed by atoms with Crippen LogP contribution in [0.3, 0.4) is 0 Å². The molecule has 0 saturated carbocycles. The molecule has 0 aliphatic rings. The van der Waals surface area contributed by atoms with Gasteiger partial charge in [0.1, 0.15) is 17.0 Å². The first kappa shape index (κ1) is 21.8. The predicted octanol–water partition coefficient (Wildman–Crippen LogP) is 5.41. The molecule has 1 amide bonds. The molecule has 0 unspecified atom stereocenters. The van der Waals surface area contributed by atoms with E-state index in [-0.39, 0.29) is 10.9 Å². The number of oxazole rings is 1. The van der Waals surface area contributed by atoms with Crippen LogP contribution in [0.2, 0.25) is 0 Å². The normalized spacial score (nSPS) is 10.7. The van der Waals surface area contributed by atoms with Crippen LogP contribution in [0.1, 0.15) is 15.9 Å². The fourth-order valence-corrected chi connectivity index (χ4v) is 3.70. The summed E-state index contributed by atoms with van der Waals surface area (Å²) in [5.41, 5.74) is 3.67. The zero-order valence-electron chi connectivity index (χ0n) is 17.1. The number of phenolic OH excluding ortho intramolecular Hbond substituents is 1. The highest BCUT2D eigenvalue weighted by molar-refractivity contribution is 9.10. The van der Waals surface area contributed by atoms with Crippen molar-refractivity contribution in [1.29, 1.82) is 0 Å². The van der Waals surface area contributed by atoms with Crippen molar-refractivity contribution in [3.8, 4) is 23.0 Å². The zero-order valence-corrected chi connectivity index (χ0v) is 19.5. The van der Waals surface area contributed by atoms with Crippen molar-refractivity contribution in [2.75, 3.05) is 12.4 Å². The lowest BCUT2D eigenvalue weighted by Gasteiger charge is -2.12. The van der Waals surface area contributed by atoms with Gasteiger partial charge >= 0.3 is 0 Å². The molecule has 0 aliphatic carbocycles. The first-order chi connectivity index (χ1) is 15.3. The summed E-state index contributed by atoms with van der Waals surface area (Å²) in [7, 11) is 1.49. The number of aromatic hydroxyl groups is 1. The maximum absolute atomic E-state index is 12.6. The maximum Gasteiger partial charge on any atom is 0.261 e. The molecule has 0 spiro atoms. The van der Waals surface area contributed by atoms with Crippen LogP contribution in [0, 0.1) is 6.92 Å². The van der Waals surface area contributed by atoms with Crippen molar-refractivity contribution in [3.63, 3.8) is 0 Å². The van der Waals surface area contributed by atoms with E-state index in [1.54, 1.807) is 30.3 Å². The molecule has 4 aromatic rings. The van der Waals surface area contributed by atoms with E-state index in [1.165, 1.54) is 13.2 Å². The second-order valence-electron chi connectivity index (χ2n) is 6.97. The Morgan fingerprint density at radius 2 is 1.97 bits per heavy atom. The molecule has 3 aromatic carbocycles. The molecule has 1 aromatic heterocycles. The molecule has 0 bridgehead atoms. The van der Waals surface area contributed by atoms with Gasteiger partial charge in [-0.2, -0.15) is 0 Å². The number of anilines is 1. The highest BCUT2D eigenvalue weighted by Gasteiger charge is 2.16. The van der Waals surface area contributed by atoms with Crippen LogP contribution < -0.4 is 15.4 Å². The molecule has 0 aliphatic heterocycles. The number of phenols is 1. The lowest BCUT2D eigenvalue weighted by Crippen LogP contribution is -2.34. The van der Waals surface area contributed by atoms with Gasteiger partial charge in [-0.15, -0.1) is 0 Å². The van der Waals surface area contributed by atoms with Gasteiger partial charge in [0.25, 0.3) is 5.91 Å². The summed E-state index contributed by atoms with van der Waals surface area (Å²) >= 11 is 8.58. The first-order valence-corrected chi connectivity index (χ1v) is 10.7. The van der Waals surface area contributed by atoms with Crippen LogP contribution in [0.5, 0.6) is 11.5 Å². The quantitative estimate of drug-likeness (QED) is 0.315. The number of benzene rings is 3. The molecule has 4 rings (SSSR count). The Bertz CT molecular complexity index is 1350. The van der Waals surface area contributed by atoms with E-state index < -0.39 is 5.91 Å². The number of fused-ring (bicyclic) bond motifs is 1. The van der Waals surface area contributed by atoms with E-state index in [0.29, 0.717) is 39.6 Å². The van der Waals surface area contributed by atoms with Crippen molar-refractivity contribution < 1.29 is 19.1 Å². The Morgan fingerprint density at radius 1 is 1.16 bits per heavy atom. The van der Waals surface area contributed by atoms with E-state index in [1.807, 2.05) is 25.1 Å². The Kier molecular flexibility index (Phi) is 6.11. The molecular formula is C23H18BrN3O4S. The monoisotopic (exact) mass is 511 g/mol. The summed E-state index contributed by atoms with van der Waals surface area (Å²) in [5.74, 6) is 0.264.